The molecule has 3 aromatic carbocycles. The van der Waals surface area contributed by atoms with Crippen molar-refractivity contribution in [2.45, 2.75) is 0 Å². The van der Waals surface area contributed by atoms with Crippen LogP contribution in [0.2, 0.25) is 0 Å². The second kappa shape index (κ2) is 5.35. The molecule has 124 valence electrons. The first-order valence-electron chi connectivity index (χ1n) is 8.12. The number of H-pyrrole nitrogens is 1. The van der Waals surface area contributed by atoms with Crippen molar-refractivity contribution in [1.29, 1.82) is 0 Å². The van der Waals surface area contributed by atoms with E-state index < -0.39 is 0 Å². The molecular weight excluding hydrogens is 328 g/mol. The summed E-state index contributed by atoms with van der Waals surface area (Å²) in [5, 5.41) is 9.71. The van der Waals surface area contributed by atoms with E-state index in [2.05, 4.69) is 15.3 Å². The van der Waals surface area contributed by atoms with Gasteiger partial charge in [0.15, 0.2) is 5.43 Å². The second-order valence-electron chi connectivity index (χ2n) is 6.05. The summed E-state index contributed by atoms with van der Waals surface area (Å²) in [4.78, 5) is 28.8. The van der Waals surface area contributed by atoms with Crippen LogP contribution in [-0.4, -0.2) is 20.0 Å². The number of para-hydroxylation sites is 1. The Morgan fingerprint density at radius 2 is 1.50 bits per heavy atom. The normalized spacial score (nSPS) is 11.4. The Morgan fingerprint density at radius 1 is 0.769 bits per heavy atom. The zero-order valence-electron chi connectivity index (χ0n) is 13.5. The number of benzene rings is 3. The highest BCUT2D eigenvalue weighted by molar-refractivity contribution is 5.93. The fraction of sp³-hybridized carbons (Fsp3) is 0. The van der Waals surface area contributed by atoms with Crippen LogP contribution < -0.4 is 11.0 Å². The first kappa shape index (κ1) is 14.5. The molecule has 0 fully saturated rings. The third kappa shape index (κ3) is 2.05. The molecule has 6 nitrogen and oxygen atoms in total. The van der Waals surface area contributed by atoms with Crippen LogP contribution >= 0.6 is 0 Å². The lowest BCUT2D eigenvalue weighted by atomic mass is 10.1. The molecule has 0 aliphatic heterocycles. The lowest BCUT2D eigenvalue weighted by Gasteiger charge is -2.07. The number of nitrogens with zero attached hydrogens (tertiary/aromatic N) is 3. The molecule has 0 bridgehead atoms. The molecule has 0 spiro atoms. The topological polar surface area (TPSA) is 80.6 Å². The van der Waals surface area contributed by atoms with Crippen LogP contribution in [-0.2, 0) is 0 Å². The van der Waals surface area contributed by atoms with Gasteiger partial charge in [0.25, 0.3) is 5.56 Å². The van der Waals surface area contributed by atoms with Gasteiger partial charge in [-0.2, -0.15) is 4.68 Å². The van der Waals surface area contributed by atoms with Gasteiger partial charge in [-0.25, -0.2) is 0 Å². The van der Waals surface area contributed by atoms with Gasteiger partial charge in [0.2, 0.25) is 0 Å². The van der Waals surface area contributed by atoms with Gasteiger partial charge in [-0.1, -0.05) is 29.5 Å². The van der Waals surface area contributed by atoms with Crippen LogP contribution in [0.4, 0.5) is 0 Å². The number of fused-ring (bicyclic) bond motifs is 3. The molecule has 0 aliphatic carbocycles. The maximum Gasteiger partial charge on any atom is 0.282 e. The first-order chi connectivity index (χ1) is 12.7. The van der Waals surface area contributed by atoms with Gasteiger partial charge in [0.05, 0.1) is 11.1 Å². The summed E-state index contributed by atoms with van der Waals surface area (Å²) in [6, 6.07) is 19.6. The third-order valence-corrected chi connectivity index (χ3v) is 4.50. The molecule has 2 heterocycles. The average molecular weight is 340 g/mol. The maximum atomic E-state index is 12.8. The van der Waals surface area contributed by atoms with Gasteiger partial charge in [-0.05, 0) is 42.5 Å². The molecule has 6 heteroatoms. The lowest BCUT2D eigenvalue weighted by molar-refractivity contribution is 0.738. The highest BCUT2D eigenvalue weighted by atomic mass is 16.1. The number of nitrogens with one attached hydrogen (secondary N) is 1. The molecule has 0 aliphatic rings. The smallest absolute Gasteiger partial charge is 0.282 e. The van der Waals surface area contributed by atoms with Crippen molar-refractivity contribution in [2.75, 3.05) is 0 Å². The molecule has 0 saturated heterocycles. The molecule has 0 amide bonds. The Labute approximate surface area is 146 Å². The maximum absolute atomic E-state index is 12.8. The van der Waals surface area contributed by atoms with Crippen molar-refractivity contribution in [3.05, 3.63) is 87.3 Å². The van der Waals surface area contributed by atoms with Crippen molar-refractivity contribution < 1.29 is 0 Å². The van der Waals surface area contributed by atoms with E-state index in [9.17, 15) is 9.59 Å². The second-order valence-corrected chi connectivity index (χ2v) is 6.05. The largest absolute Gasteiger partial charge is 0.354 e. The van der Waals surface area contributed by atoms with Gasteiger partial charge >= 0.3 is 0 Å². The number of rotatable bonds is 1. The monoisotopic (exact) mass is 340 g/mol. The molecule has 0 radical (unpaired) electrons. The van der Waals surface area contributed by atoms with E-state index in [4.69, 9.17) is 0 Å². The molecule has 0 atom stereocenters. The van der Waals surface area contributed by atoms with Gasteiger partial charge in [-0.15, -0.1) is 5.10 Å². The van der Waals surface area contributed by atoms with Crippen molar-refractivity contribution >= 4 is 32.7 Å². The predicted octanol–water partition coefficient (Wildman–Crippen LogP) is 2.78. The van der Waals surface area contributed by atoms with Crippen LogP contribution in [0, 0.1) is 0 Å². The number of hydrogen-bond acceptors (Lipinski definition) is 4. The summed E-state index contributed by atoms with van der Waals surface area (Å²) in [5.74, 6) is 0. The standard InChI is InChI=1S/C20H12N4O2/c25-19-13-5-1-3-7-16(13)21-17-10-9-12(11-15(17)19)24-20(26)14-6-2-4-8-18(14)22-23-24/h1-11H,(H,21,25). The molecule has 1 N–H and O–H groups in total. The Hall–Kier alpha value is -3.80. The average Bonchev–Trinajstić information content (AvgIpc) is 2.69. The Morgan fingerprint density at radius 3 is 2.38 bits per heavy atom. The van der Waals surface area contributed by atoms with E-state index in [-0.39, 0.29) is 11.0 Å². The molecular formula is C20H12N4O2. The summed E-state index contributed by atoms with van der Waals surface area (Å²) >= 11 is 0. The summed E-state index contributed by atoms with van der Waals surface area (Å²) in [6.45, 7) is 0. The zero-order valence-corrected chi connectivity index (χ0v) is 13.5. The third-order valence-electron chi connectivity index (χ3n) is 4.50. The number of aromatic nitrogens is 4. The molecule has 5 rings (SSSR count). The highest BCUT2D eigenvalue weighted by Gasteiger charge is 2.10. The summed E-state index contributed by atoms with van der Waals surface area (Å²) in [6.07, 6.45) is 0. The van der Waals surface area contributed by atoms with Crippen LogP contribution in [0.15, 0.2) is 76.3 Å². The first-order valence-corrected chi connectivity index (χ1v) is 8.12. The van der Waals surface area contributed by atoms with Gasteiger partial charge in [-0.3, -0.25) is 9.59 Å². The van der Waals surface area contributed by atoms with E-state index in [0.717, 1.165) is 5.52 Å². The van der Waals surface area contributed by atoms with Gasteiger partial charge < -0.3 is 4.98 Å². The number of pyridine rings is 1. The Bertz CT molecular complexity index is 1430. The molecule has 5 aromatic rings. The lowest BCUT2D eigenvalue weighted by Crippen LogP contribution is -2.22. The fourth-order valence-corrected chi connectivity index (χ4v) is 3.20. The van der Waals surface area contributed by atoms with E-state index in [1.165, 1.54) is 4.68 Å². The van der Waals surface area contributed by atoms with Crippen LogP contribution in [0.5, 0.6) is 0 Å². The van der Waals surface area contributed by atoms with Crippen LogP contribution in [0.25, 0.3) is 38.4 Å². The predicted molar refractivity (Wildman–Crippen MR) is 101 cm³/mol. The van der Waals surface area contributed by atoms with Crippen molar-refractivity contribution in [1.82, 2.24) is 20.0 Å². The quantitative estimate of drug-likeness (QED) is 0.476. The Kier molecular flexibility index (Phi) is 2.99. The van der Waals surface area contributed by atoms with E-state index in [0.29, 0.717) is 32.9 Å². The summed E-state index contributed by atoms with van der Waals surface area (Å²) in [7, 11) is 0. The minimum Gasteiger partial charge on any atom is -0.354 e. The van der Waals surface area contributed by atoms with Gasteiger partial charge in [0.1, 0.15) is 5.52 Å². The van der Waals surface area contributed by atoms with Crippen molar-refractivity contribution in [3.63, 3.8) is 0 Å². The van der Waals surface area contributed by atoms with E-state index >= 15 is 0 Å². The minimum atomic E-state index is -0.271. The molecule has 0 unspecified atom stereocenters. The Balaban J connectivity index is 1.82. The van der Waals surface area contributed by atoms with Crippen molar-refractivity contribution in [3.8, 4) is 5.69 Å². The minimum absolute atomic E-state index is 0.0852. The fourth-order valence-electron chi connectivity index (χ4n) is 3.20. The summed E-state index contributed by atoms with van der Waals surface area (Å²) < 4.78 is 1.22. The van der Waals surface area contributed by atoms with Crippen LogP contribution in [0.3, 0.4) is 0 Å². The summed E-state index contributed by atoms with van der Waals surface area (Å²) in [5.41, 5.74) is 2.17. The van der Waals surface area contributed by atoms with Crippen LogP contribution in [0.1, 0.15) is 0 Å². The zero-order chi connectivity index (χ0) is 17.7. The number of aromatic amines is 1. The van der Waals surface area contributed by atoms with Gasteiger partial charge in [0, 0.05) is 21.8 Å². The van der Waals surface area contributed by atoms with E-state index in [1.807, 2.05) is 24.3 Å². The molecule has 26 heavy (non-hydrogen) atoms. The highest BCUT2D eigenvalue weighted by Crippen LogP contribution is 2.17. The molecule has 0 saturated carbocycles. The SMILES string of the molecule is O=c1c2ccccc2[nH]c2ccc(-n3nnc4ccccc4c3=O)cc12. The molecule has 2 aromatic heterocycles. The number of hydrogen-bond donors (Lipinski definition) is 1. The van der Waals surface area contributed by atoms with Crippen molar-refractivity contribution in [2.24, 2.45) is 0 Å². The van der Waals surface area contributed by atoms with E-state index in [1.54, 1.807) is 42.5 Å².